The number of nitrogens with two attached hydrogens (primary N) is 1. The molecule has 1 aromatic rings. The minimum atomic E-state index is -3.65. The molecule has 1 aliphatic carbocycles. The van der Waals surface area contributed by atoms with Gasteiger partial charge in [0.1, 0.15) is 0 Å². The summed E-state index contributed by atoms with van der Waals surface area (Å²) >= 11 is 0. The Morgan fingerprint density at radius 2 is 1.87 bits per heavy atom. The van der Waals surface area contributed by atoms with Gasteiger partial charge in [0.25, 0.3) is 0 Å². The SMILES string of the molecule is CC1CCCCC1NC(=O)NCCc1ccc(S(N)(=O)=O)cc1. The van der Waals surface area contributed by atoms with Crippen LogP contribution in [0.4, 0.5) is 4.79 Å². The Kier molecular flexibility index (Phi) is 6.01. The highest BCUT2D eigenvalue weighted by atomic mass is 32.2. The van der Waals surface area contributed by atoms with Gasteiger partial charge in [-0.15, -0.1) is 0 Å². The fraction of sp³-hybridized carbons (Fsp3) is 0.562. The molecule has 0 bridgehead atoms. The molecule has 1 saturated carbocycles. The van der Waals surface area contributed by atoms with E-state index in [0.717, 1.165) is 12.0 Å². The molecule has 2 atom stereocenters. The summed E-state index contributed by atoms with van der Waals surface area (Å²) in [6.45, 7) is 2.68. The zero-order chi connectivity index (χ0) is 16.9. The van der Waals surface area contributed by atoms with Crippen molar-refractivity contribution >= 4 is 16.1 Å². The lowest BCUT2D eigenvalue weighted by molar-refractivity contribution is 0.222. The first-order valence-corrected chi connectivity index (χ1v) is 9.57. The Labute approximate surface area is 137 Å². The first kappa shape index (κ1) is 17.7. The molecule has 23 heavy (non-hydrogen) atoms. The van der Waals surface area contributed by atoms with E-state index in [1.807, 2.05) is 0 Å². The third-order valence-corrected chi connectivity index (χ3v) is 5.31. The van der Waals surface area contributed by atoms with Crippen molar-refractivity contribution in [2.24, 2.45) is 11.1 Å². The number of primary sulfonamides is 1. The second-order valence-corrected chi connectivity index (χ2v) is 7.77. The van der Waals surface area contributed by atoms with Crippen molar-refractivity contribution in [1.82, 2.24) is 10.6 Å². The predicted molar refractivity (Wildman–Crippen MR) is 89.5 cm³/mol. The maximum Gasteiger partial charge on any atom is 0.315 e. The molecular formula is C16H25N3O3S. The number of amides is 2. The molecule has 1 aromatic carbocycles. The fourth-order valence-corrected chi connectivity index (χ4v) is 3.43. The number of carbonyl (C=O) groups excluding carboxylic acids is 1. The number of urea groups is 1. The molecule has 128 valence electrons. The van der Waals surface area contributed by atoms with Gasteiger partial charge in [0.15, 0.2) is 0 Å². The molecule has 0 aliphatic heterocycles. The summed E-state index contributed by atoms with van der Waals surface area (Å²) in [4.78, 5) is 12.0. The lowest BCUT2D eigenvalue weighted by Crippen LogP contribution is -2.46. The van der Waals surface area contributed by atoms with Gasteiger partial charge in [-0.25, -0.2) is 18.4 Å². The molecule has 7 heteroatoms. The van der Waals surface area contributed by atoms with Gasteiger partial charge in [0.05, 0.1) is 4.90 Å². The summed E-state index contributed by atoms with van der Waals surface area (Å²) in [5.41, 5.74) is 0.948. The third kappa shape index (κ3) is 5.51. The normalized spacial score (nSPS) is 21.7. The Morgan fingerprint density at radius 3 is 2.48 bits per heavy atom. The molecule has 2 unspecified atom stereocenters. The summed E-state index contributed by atoms with van der Waals surface area (Å²) in [5, 5.41) is 10.9. The van der Waals surface area contributed by atoms with Crippen molar-refractivity contribution in [1.29, 1.82) is 0 Å². The fourth-order valence-electron chi connectivity index (χ4n) is 2.92. The van der Waals surface area contributed by atoms with Gasteiger partial charge in [-0.2, -0.15) is 0 Å². The van der Waals surface area contributed by atoms with Crippen molar-refractivity contribution in [3.8, 4) is 0 Å². The number of nitrogens with one attached hydrogen (secondary N) is 2. The van der Waals surface area contributed by atoms with E-state index in [1.165, 1.54) is 31.4 Å². The maximum atomic E-state index is 11.9. The lowest BCUT2D eigenvalue weighted by atomic mass is 9.86. The smallest absolute Gasteiger partial charge is 0.315 e. The third-order valence-electron chi connectivity index (χ3n) is 4.38. The van der Waals surface area contributed by atoms with Crippen molar-refractivity contribution in [2.75, 3.05) is 6.54 Å². The Bertz CT molecular complexity index is 628. The van der Waals surface area contributed by atoms with Gasteiger partial charge < -0.3 is 10.6 Å². The Morgan fingerprint density at radius 1 is 1.22 bits per heavy atom. The highest BCUT2D eigenvalue weighted by Gasteiger charge is 2.22. The van der Waals surface area contributed by atoms with Crippen LogP contribution >= 0.6 is 0 Å². The topological polar surface area (TPSA) is 101 Å². The number of carbonyl (C=O) groups is 1. The number of hydrogen-bond donors (Lipinski definition) is 3. The Hall–Kier alpha value is -1.60. The van der Waals surface area contributed by atoms with Crippen LogP contribution in [-0.4, -0.2) is 27.0 Å². The lowest BCUT2D eigenvalue weighted by Gasteiger charge is -2.29. The summed E-state index contributed by atoms with van der Waals surface area (Å²) in [5.74, 6) is 0.528. The van der Waals surface area contributed by atoms with Crippen LogP contribution in [0.1, 0.15) is 38.2 Å². The molecule has 0 spiro atoms. The molecule has 2 amide bonds. The van der Waals surface area contributed by atoms with Crippen LogP contribution < -0.4 is 15.8 Å². The number of benzene rings is 1. The molecule has 1 aliphatic rings. The number of sulfonamides is 1. The van der Waals surface area contributed by atoms with Crippen LogP contribution in [0, 0.1) is 5.92 Å². The van der Waals surface area contributed by atoms with Gasteiger partial charge in [-0.1, -0.05) is 31.9 Å². The molecule has 0 saturated heterocycles. The van der Waals surface area contributed by atoms with E-state index in [9.17, 15) is 13.2 Å². The molecule has 6 nitrogen and oxygen atoms in total. The van der Waals surface area contributed by atoms with Crippen LogP contribution in [0.15, 0.2) is 29.2 Å². The first-order valence-electron chi connectivity index (χ1n) is 8.02. The molecule has 1 fully saturated rings. The Balaban J connectivity index is 1.75. The molecule has 4 N–H and O–H groups in total. The summed E-state index contributed by atoms with van der Waals surface area (Å²) < 4.78 is 22.4. The standard InChI is InChI=1S/C16H25N3O3S/c1-12-4-2-3-5-15(12)19-16(20)18-11-10-13-6-8-14(9-7-13)23(17,21)22/h6-9,12,15H,2-5,10-11H2,1H3,(H2,17,21,22)(H2,18,19,20). The largest absolute Gasteiger partial charge is 0.338 e. The van der Waals surface area contributed by atoms with Crippen molar-refractivity contribution in [2.45, 2.75) is 50.0 Å². The van der Waals surface area contributed by atoms with Gasteiger partial charge >= 0.3 is 6.03 Å². The summed E-state index contributed by atoms with van der Waals surface area (Å²) in [6, 6.07) is 6.51. The second kappa shape index (κ2) is 7.79. The summed E-state index contributed by atoms with van der Waals surface area (Å²) in [7, 11) is -3.65. The molecule has 0 heterocycles. The quantitative estimate of drug-likeness (QED) is 0.762. The zero-order valence-corrected chi connectivity index (χ0v) is 14.2. The van der Waals surface area contributed by atoms with Crippen molar-refractivity contribution in [3.63, 3.8) is 0 Å². The van der Waals surface area contributed by atoms with Gasteiger partial charge in [-0.3, -0.25) is 0 Å². The van der Waals surface area contributed by atoms with Crippen molar-refractivity contribution in [3.05, 3.63) is 29.8 Å². The van der Waals surface area contributed by atoms with E-state index in [0.29, 0.717) is 18.9 Å². The van der Waals surface area contributed by atoms with Crippen LogP contribution in [0.25, 0.3) is 0 Å². The highest BCUT2D eigenvalue weighted by molar-refractivity contribution is 7.89. The van der Waals surface area contributed by atoms with Gasteiger partial charge in [0.2, 0.25) is 10.0 Å². The molecule has 0 radical (unpaired) electrons. The van der Waals surface area contributed by atoms with Crippen LogP contribution in [0.2, 0.25) is 0 Å². The van der Waals surface area contributed by atoms with Crippen molar-refractivity contribution < 1.29 is 13.2 Å². The minimum Gasteiger partial charge on any atom is -0.338 e. The van der Waals surface area contributed by atoms with E-state index in [4.69, 9.17) is 5.14 Å². The minimum absolute atomic E-state index is 0.0956. The van der Waals surface area contributed by atoms with Crippen LogP contribution in [0.5, 0.6) is 0 Å². The maximum absolute atomic E-state index is 11.9. The van der Waals surface area contributed by atoms with E-state index in [-0.39, 0.29) is 17.0 Å². The average Bonchev–Trinajstić information content (AvgIpc) is 2.49. The first-order chi connectivity index (χ1) is 10.9. The van der Waals surface area contributed by atoms with E-state index < -0.39 is 10.0 Å². The van der Waals surface area contributed by atoms with E-state index >= 15 is 0 Å². The summed E-state index contributed by atoms with van der Waals surface area (Å²) in [6.07, 6.45) is 5.27. The molecule has 0 aromatic heterocycles. The highest BCUT2D eigenvalue weighted by Crippen LogP contribution is 2.23. The molecule has 2 rings (SSSR count). The van der Waals surface area contributed by atoms with Crippen LogP contribution in [0.3, 0.4) is 0 Å². The van der Waals surface area contributed by atoms with E-state index in [1.54, 1.807) is 12.1 Å². The number of hydrogen-bond acceptors (Lipinski definition) is 3. The van der Waals surface area contributed by atoms with Crippen LogP contribution in [-0.2, 0) is 16.4 Å². The number of rotatable bonds is 5. The zero-order valence-electron chi connectivity index (χ0n) is 13.4. The van der Waals surface area contributed by atoms with Gasteiger partial charge in [0, 0.05) is 12.6 Å². The van der Waals surface area contributed by atoms with Gasteiger partial charge in [-0.05, 0) is 42.9 Å². The molecular weight excluding hydrogens is 314 g/mol. The predicted octanol–water partition coefficient (Wildman–Crippen LogP) is 1.75. The average molecular weight is 339 g/mol. The van der Waals surface area contributed by atoms with E-state index in [2.05, 4.69) is 17.6 Å². The monoisotopic (exact) mass is 339 g/mol. The second-order valence-electron chi connectivity index (χ2n) is 6.21.